The number of Topliss-reactive ketones (excluding diaryl/α,β-unsaturated/α-hetero) is 1. The maximum atomic E-state index is 12.9. The second-order valence-electron chi connectivity index (χ2n) is 14.7. The first-order chi connectivity index (χ1) is 20.7. The molecule has 0 saturated heterocycles. The van der Waals surface area contributed by atoms with Crippen molar-refractivity contribution in [2.45, 2.75) is 112 Å². The van der Waals surface area contributed by atoms with E-state index in [1.165, 1.54) is 6.08 Å². The van der Waals surface area contributed by atoms with E-state index in [2.05, 4.69) is 26.0 Å². The predicted octanol–water partition coefficient (Wildman–Crippen LogP) is 8.18. The van der Waals surface area contributed by atoms with E-state index >= 15 is 0 Å². The van der Waals surface area contributed by atoms with Gasteiger partial charge in [0, 0.05) is 30.6 Å². The van der Waals surface area contributed by atoms with Crippen LogP contribution in [0.15, 0.2) is 107 Å². The Balaban J connectivity index is 1.93. The molecule has 0 spiro atoms. The lowest BCUT2D eigenvalue weighted by Gasteiger charge is -2.48. The van der Waals surface area contributed by atoms with E-state index in [4.69, 9.17) is 0 Å². The molecular weight excluding hydrogens is 560 g/mol. The monoisotopic (exact) mass is 616 g/mol. The van der Waals surface area contributed by atoms with E-state index in [0.717, 1.165) is 16.7 Å². The first-order valence-electron chi connectivity index (χ1n) is 16.0. The summed E-state index contributed by atoms with van der Waals surface area (Å²) >= 11 is 0. The summed E-state index contributed by atoms with van der Waals surface area (Å²) in [6.07, 6.45) is 25.9. The summed E-state index contributed by atoms with van der Waals surface area (Å²) in [5, 5.41) is 32.4. The topological polar surface area (TPSA) is 94.8 Å². The van der Waals surface area contributed by atoms with Gasteiger partial charge in [0.2, 0.25) is 0 Å². The fraction of sp³-hybridized carbons (Fsp3) is 0.500. The molecule has 2 rings (SSSR count). The van der Waals surface area contributed by atoms with E-state index in [1.807, 2.05) is 96.2 Å². The van der Waals surface area contributed by atoms with Crippen molar-refractivity contribution < 1.29 is 24.9 Å². The molecule has 246 valence electrons. The van der Waals surface area contributed by atoms with Crippen LogP contribution >= 0.6 is 0 Å². The number of carbonyl (C=O) groups is 2. The van der Waals surface area contributed by atoms with Crippen LogP contribution in [-0.2, 0) is 9.59 Å². The van der Waals surface area contributed by atoms with Crippen molar-refractivity contribution in [3.8, 4) is 0 Å². The molecule has 0 aromatic heterocycles. The van der Waals surface area contributed by atoms with Gasteiger partial charge in [0.15, 0.2) is 11.6 Å². The molecule has 2 aliphatic rings. The normalized spacial score (nSPS) is 30.2. The fourth-order valence-corrected chi connectivity index (χ4v) is 6.62. The summed E-state index contributed by atoms with van der Waals surface area (Å²) in [6.45, 7) is 19.2. The van der Waals surface area contributed by atoms with Crippen molar-refractivity contribution in [1.29, 1.82) is 0 Å². The molecule has 5 heteroatoms. The average Bonchev–Trinajstić information content (AvgIpc) is 2.88. The number of aliphatic hydroxyl groups excluding tert-OH is 1. The van der Waals surface area contributed by atoms with Gasteiger partial charge in [-0.2, -0.15) is 0 Å². The van der Waals surface area contributed by atoms with Gasteiger partial charge in [0.1, 0.15) is 0 Å². The number of rotatable bonds is 11. The Morgan fingerprint density at radius 3 is 1.87 bits per heavy atom. The number of carbonyl (C=O) groups excluding carboxylic acids is 2. The maximum Gasteiger partial charge on any atom is 0.161 e. The van der Waals surface area contributed by atoms with Gasteiger partial charge in [-0.05, 0) is 70.6 Å². The van der Waals surface area contributed by atoms with Crippen LogP contribution < -0.4 is 0 Å². The highest BCUT2D eigenvalue weighted by Gasteiger charge is 2.50. The fourth-order valence-electron chi connectivity index (χ4n) is 6.62. The maximum absolute atomic E-state index is 12.9. The predicted molar refractivity (Wildman–Crippen MR) is 186 cm³/mol. The zero-order chi connectivity index (χ0) is 34.2. The summed E-state index contributed by atoms with van der Waals surface area (Å²) in [6, 6.07) is 0. The summed E-state index contributed by atoms with van der Waals surface area (Å²) < 4.78 is 0. The third-order valence-corrected chi connectivity index (χ3v) is 9.35. The summed E-state index contributed by atoms with van der Waals surface area (Å²) in [7, 11) is 0. The van der Waals surface area contributed by atoms with Gasteiger partial charge < -0.3 is 15.3 Å². The first-order valence-corrected chi connectivity index (χ1v) is 16.0. The zero-order valence-electron chi connectivity index (χ0n) is 29.1. The highest BCUT2D eigenvalue weighted by atomic mass is 16.3. The molecule has 1 fully saturated rings. The van der Waals surface area contributed by atoms with Crippen LogP contribution in [0.4, 0.5) is 0 Å². The van der Waals surface area contributed by atoms with Crippen molar-refractivity contribution in [3.63, 3.8) is 0 Å². The van der Waals surface area contributed by atoms with Crippen LogP contribution in [0.25, 0.3) is 0 Å². The minimum Gasteiger partial charge on any atom is -0.393 e. The standard InChI is InChI=1S/C40H56O5/c1-28(17-13-18-30(3)21-22-36-37(6,7)24-34(42)26-39(36,10)44)15-11-12-16-29(2)19-14-20-31(4)35(43)27-40(45)32(5)23-33(41)25-38(40,8)9/h11-23,34,36,42,44-45H,24-27H2,1-10H3. The lowest BCUT2D eigenvalue weighted by molar-refractivity contribution is -0.132. The largest absolute Gasteiger partial charge is 0.393 e. The van der Waals surface area contributed by atoms with Crippen molar-refractivity contribution in [1.82, 2.24) is 0 Å². The molecule has 0 bridgehead atoms. The van der Waals surface area contributed by atoms with E-state index in [-0.39, 0.29) is 35.7 Å². The van der Waals surface area contributed by atoms with Gasteiger partial charge in [-0.25, -0.2) is 0 Å². The van der Waals surface area contributed by atoms with Crippen LogP contribution in [0, 0.1) is 16.7 Å². The van der Waals surface area contributed by atoms with E-state index in [1.54, 1.807) is 19.9 Å². The van der Waals surface area contributed by atoms with Gasteiger partial charge in [0.25, 0.3) is 0 Å². The Hall–Kier alpha value is -3.12. The third-order valence-electron chi connectivity index (χ3n) is 9.35. The lowest BCUT2D eigenvalue weighted by Crippen LogP contribution is -2.50. The molecule has 0 radical (unpaired) electrons. The Morgan fingerprint density at radius 1 is 0.822 bits per heavy atom. The Kier molecular flexibility index (Phi) is 13.1. The molecule has 4 unspecified atom stereocenters. The summed E-state index contributed by atoms with van der Waals surface area (Å²) in [5.41, 5.74) is 1.13. The summed E-state index contributed by atoms with van der Waals surface area (Å²) in [5.74, 6) is -0.199. The van der Waals surface area contributed by atoms with E-state index < -0.39 is 22.7 Å². The number of hydrogen-bond donors (Lipinski definition) is 3. The van der Waals surface area contributed by atoms with Crippen LogP contribution in [0.3, 0.4) is 0 Å². The molecule has 1 saturated carbocycles. The molecule has 0 amide bonds. The number of ketones is 2. The Labute approximate surface area is 271 Å². The quantitative estimate of drug-likeness (QED) is 0.161. The minimum absolute atomic E-state index is 0.0195. The molecule has 4 atom stereocenters. The molecule has 0 aromatic carbocycles. The summed E-state index contributed by atoms with van der Waals surface area (Å²) in [4.78, 5) is 24.9. The molecule has 2 aliphatic carbocycles. The van der Waals surface area contributed by atoms with Crippen LogP contribution in [0.5, 0.6) is 0 Å². The van der Waals surface area contributed by atoms with Crippen molar-refractivity contribution >= 4 is 11.6 Å². The molecule has 5 nitrogen and oxygen atoms in total. The van der Waals surface area contributed by atoms with Crippen molar-refractivity contribution in [3.05, 3.63) is 107 Å². The molecule has 0 aliphatic heterocycles. The van der Waals surface area contributed by atoms with E-state index in [9.17, 15) is 24.9 Å². The average molecular weight is 617 g/mol. The Morgan fingerprint density at radius 2 is 1.33 bits per heavy atom. The van der Waals surface area contributed by atoms with Gasteiger partial charge in [-0.15, -0.1) is 0 Å². The highest BCUT2D eigenvalue weighted by molar-refractivity contribution is 5.97. The molecule has 0 heterocycles. The van der Waals surface area contributed by atoms with Crippen LogP contribution in [-0.4, -0.2) is 44.2 Å². The van der Waals surface area contributed by atoms with Crippen LogP contribution in [0.1, 0.15) is 94.9 Å². The second-order valence-corrected chi connectivity index (χ2v) is 14.7. The van der Waals surface area contributed by atoms with Gasteiger partial charge in [-0.3, -0.25) is 9.59 Å². The third kappa shape index (κ3) is 10.7. The molecule has 3 N–H and O–H groups in total. The van der Waals surface area contributed by atoms with Crippen molar-refractivity contribution in [2.24, 2.45) is 16.7 Å². The smallest absolute Gasteiger partial charge is 0.161 e. The Bertz CT molecular complexity index is 1360. The first kappa shape index (κ1) is 38.1. The van der Waals surface area contributed by atoms with E-state index in [0.29, 0.717) is 24.0 Å². The second kappa shape index (κ2) is 15.4. The molecule has 45 heavy (non-hydrogen) atoms. The molecule has 0 aromatic rings. The zero-order valence-corrected chi connectivity index (χ0v) is 29.1. The van der Waals surface area contributed by atoms with Crippen molar-refractivity contribution in [2.75, 3.05) is 0 Å². The SMILES string of the molecule is CC(C=CC=C(C)C=CC1C(C)(C)CC(O)CC1(C)O)=CC=CC=C(C)C=CC=C(C)C(=O)CC1(O)C(C)=CC(=O)CC1(C)C. The minimum atomic E-state index is -1.34. The van der Waals surface area contributed by atoms with Gasteiger partial charge in [-0.1, -0.05) is 117 Å². The van der Waals surface area contributed by atoms with Gasteiger partial charge in [0.05, 0.1) is 17.3 Å². The van der Waals surface area contributed by atoms with Crippen LogP contribution in [0.2, 0.25) is 0 Å². The number of aliphatic hydroxyl groups is 3. The lowest BCUT2D eigenvalue weighted by atomic mass is 9.61. The highest BCUT2D eigenvalue weighted by Crippen LogP contribution is 2.47. The number of hydrogen-bond acceptors (Lipinski definition) is 5. The van der Waals surface area contributed by atoms with Gasteiger partial charge >= 0.3 is 0 Å². The molecular formula is C40H56O5. The number of allylic oxidation sites excluding steroid dienone is 16.